The molecule has 0 spiro atoms. The predicted molar refractivity (Wildman–Crippen MR) is 62.2 cm³/mol. The molecular weight excluding hydrogens is 241 g/mol. The molecule has 1 nitrogen and oxygen atoms in total. The van der Waals surface area contributed by atoms with Gasteiger partial charge in [-0.05, 0) is 43.2 Å². The maximum absolute atomic E-state index is 12.9. The summed E-state index contributed by atoms with van der Waals surface area (Å²) in [4.78, 5) is 10.6. The minimum atomic E-state index is -4.29. The molecule has 1 aliphatic carbocycles. The van der Waals surface area contributed by atoms with Crippen LogP contribution >= 0.6 is 0 Å². The van der Waals surface area contributed by atoms with Crippen molar-refractivity contribution in [1.82, 2.24) is 0 Å². The molecule has 0 N–H and O–H groups in total. The lowest BCUT2D eigenvalue weighted by Crippen LogP contribution is -2.18. The molecule has 0 radical (unpaired) electrons. The Morgan fingerprint density at radius 2 is 1.67 bits per heavy atom. The van der Waals surface area contributed by atoms with Gasteiger partial charge < -0.3 is 4.79 Å². The summed E-state index contributed by atoms with van der Waals surface area (Å²) in [5.41, 5.74) is -0.145. The van der Waals surface area contributed by atoms with Crippen LogP contribution in [-0.2, 0) is 11.0 Å². The van der Waals surface area contributed by atoms with Crippen molar-refractivity contribution >= 4 is 6.29 Å². The van der Waals surface area contributed by atoms with Crippen molar-refractivity contribution < 1.29 is 18.0 Å². The standard InChI is InChI=1S/C14H15F3O/c15-14(16,17)13-4-2-1-3-12(13)11-7-5-10(9-18)6-8-11/h1-4,9-11H,5-8H2. The van der Waals surface area contributed by atoms with Gasteiger partial charge in [0.15, 0.2) is 0 Å². The van der Waals surface area contributed by atoms with Gasteiger partial charge in [0.2, 0.25) is 0 Å². The van der Waals surface area contributed by atoms with Crippen molar-refractivity contribution in [1.29, 1.82) is 0 Å². The van der Waals surface area contributed by atoms with Gasteiger partial charge in [-0.2, -0.15) is 13.2 Å². The number of carbonyl (C=O) groups excluding carboxylic acids is 1. The fraction of sp³-hybridized carbons (Fsp3) is 0.500. The van der Waals surface area contributed by atoms with Crippen molar-refractivity contribution in [3.8, 4) is 0 Å². The van der Waals surface area contributed by atoms with E-state index >= 15 is 0 Å². The predicted octanol–water partition coefficient (Wildman–Crippen LogP) is 4.18. The van der Waals surface area contributed by atoms with Gasteiger partial charge in [-0.25, -0.2) is 0 Å². The zero-order chi connectivity index (χ0) is 13.2. The summed E-state index contributed by atoms with van der Waals surface area (Å²) < 4.78 is 38.7. The molecule has 0 aliphatic heterocycles. The molecular formula is C14H15F3O. The van der Waals surface area contributed by atoms with E-state index in [0.29, 0.717) is 31.2 Å². The molecule has 0 bridgehead atoms. The zero-order valence-electron chi connectivity index (χ0n) is 9.91. The van der Waals surface area contributed by atoms with Gasteiger partial charge >= 0.3 is 6.18 Å². The van der Waals surface area contributed by atoms with Crippen LogP contribution in [0.5, 0.6) is 0 Å². The summed E-state index contributed by atoms with van der Waals surface area (Å²) in [6.07, 6.45) is -0.655. The van der Waals surface area contributed by atoms with Crippen LogP contribution in [0.3, 0.4) is 0 Å². The monoisotopic (exact) mass is 256 g/mol. The Morgan fingerprint density at radius 3 is 2.22 bits per heavy atom. The van der Waals surface area contributed by atoms with Gasteiger partial charge in [0, 0.05) is 5.92 Å². The van der Waals surface area contributed by atoms with Crippen LogP contribution in [0.2, 0.25) is 0 Å². The number of benzene rings is 1. The fourth-order valence-electron chi connectivity index (χ4n) is 2.68. The Labute approximate surface area is 104 Å². The first-order valence-electron chi connectivity index (χ1n) is 6.14. The fourth-order valence-corrected chi connectivity index (χ4v) is 2.68. The molecule has 1 fully saturated rings. The summed E-state index contributed by atoms with van der Waals surface area (Å²) in [5, 5.41) is 0. The first-order chi connectivity index (χ1) is 8.52. The van der Waals surface area contributed by atoms with E-state index in [1.807, 2.05) is 0 Å². The lowest BCUT2D eigenvalue weighted by atomic mass is 9.78. The second-order valence-corrected chi connectivity index (χ2v) is 4.83. The molecule has 18 heavy (non-hydrogen) atoms. The van der Waals surface area contributed by atoms with Gasteiger partial charge in [0.05, 0.1) is 5.56 Å². The highest BCUT2D eigenvalue weighted by Crippen LogP contribution is 2.41. The molecule has 2 rings (SSSR count). The van der Waals surface area contributed by atoms with Crippen molar-refractivity contribution in [3.05, 3.63) is 35.4 Å². The van der Waals surface area contributed by atoms with E-state index in [9.17, 15) is 18.0 Å². The number of hydrogen-bond acceptors (Lipinski definition) is 1. The third-order valence-electron chi connectivity index (χ3n) is 3.67. The Balaban J connectivity index is 2.22. The van der Waals surface area contributed by atoms with Gasteiger partial charge in [0.25, 0.3) is 0 Å². The van der Waals surface area contributed by atoms with Crippen LogP contribution in [-0.4, -0.2) is 6.29 Å². The smallest absolute Gasteiger partial charge is 0.303 e. The highest BCUT2D eigenvalue weighted by Gasteiger charge is 2.35. The topological polar surface area (TPSA) is 17.1 Å². The van der Waals surface area contributed by atoms with E-state index in [1.54, 1.807) is 12.1 Å². The number of hydrogen-bond donors (Lipinski definition) is 0. The van der Waals surface area contributed by atoms with Gasteiger partial charge in [-0.15, -0.1) is 0 Å². The molecule has 0 atom stereocenters. The molecule has 1 aliphatic rings. The van der Waals surface area contributed by atoms with Crippen LogP contribution in [0.4, 0.5) is 13.2 Å². The van der Waals surface area contributed by atoms with E-state index in [0.717, 1.165) is 12.4 Å². The summed E-state index contributed by atoms with van der Waals surface area (Å²) >= 11 is 0. The molecule has 0 unspecified atom stereocenters. The maximum Gasteiger partial charge on any atom is 0.416 e. The van der Waals surface area contributed by atoms with Crippen LogP contribution < -0.4 is 0 Å². The average Bonchev–Trinajstić information content (AvgIpc) is 2.38. The van der Waals surface area contributed by atoms with Crippen molar-refractivity contribution in [2.45, 2.75) is 37.8 Å². The molecule has 1 aromatic rings. The van der Waals surface area contributed by atoms with E-state index in [1.165, 1.54) is 6.07 Å². The molecule has 0 amide bonds. The van der Waals surface area contributed by atoms with Gasteiger partial charge in [-0.3, -0.25) is 0 Å². The highest BCUT2D eigenvalue weighted by molar-refractivity contribution is 5.53. The first-order valence-corrected chi connectivity index (χ1v) is 6.14. The molecule has 4 heteroatoms. The summed E-state index contributed by atoms with van der Waals surface area (Å²) in [5.74, 6) is -0.0432. The third-order valence-corrected chi connectivity index (χ3v) is 3.67. The Hall–Kier alpha value is -1.32. The van der Waals surface area contributed by atoms with Gasteiger partial charge in [-0.1, -0.05) is 18.2 Å². The lowest BCUT2D eigenvalue weighted by Gasteiger charge is -2.27. The van der Waals surface area contributed by atoms with E-state index in [-0.39, 0.29) is 11.8 Å². The van der Waals surface area contributed by atoms with Crippen LogP contribution in [0.25, 0.3) is 0 Å². The van der Waals surface area contributed by atoms with Crippen molar-refractivity contribution in [2.75, 3.05) is 0 Å². The van der Waals surface area contributed by atoms with Crippen LogP contribution in [0.1, 0.15) is 42.7 Å². The molecule has 1 aromatic carbocycles. The number of halogens is 3. The molecule has 0 saturated heterocycles. The number of aldehydes is 1. The number of rotatable bonds is 2. The van der Waals surface area contributed by atoms with Crippen molar-refractivity contribution in [3.63, 3.8) is 0 Å². The molecule has 0 heterocycles. The lowest BCUT2D eigenvalue weighted by molar-refractivity contribution is -0.138. The van der Waals surface area contributed by atoms with Gasteiger partial charge in [0.1, 0.15) is 6.29 Å². The van der Waals surface area contributed by atoms with E-state index < -0.39 is 11.7 Å². The number of alkyl halides is 3. The summed E-state index contributed by atoms with van der Waals surface area (Å²) in [6.45, 7) is 0. The SMILES string of the molecule is O=CC1CCC(c2ccccc2C(F)(F)F)CC1. The Morgan fingerprint density at radius 1 is 1.06 bits per heavy atom. The minimum absolute atomic E-state index is 0.0271. The Kier molecular flexibility index (Phi) is 3.73. The number of carbonyl (C=O) groups is 1. The first kappa shape index (κ1) is 13.1. The summed E-state index contributed by atoms with van der Waals surface area (Å²) in [7, 11) is 0. The molecule has 98 valence electrons. The second kappa shape index (κ2) is 5.12. The Bertz CT molecular complexity index is 417. The zero-order valence-corrected chi connectivity index (χ0v) is 9.91. The summed E-state index contributed by atoms with van der Waals surface area (Å²) in [6, 6.07) is 5.77. The normalized spacial score (nSPS) is 24.8. The third kappa shape index (κ3) is 2.74. The van der Waals surface area contributed by atoms with E-state index in [4.69, 9.17) is 0 Å². The quantitative estimate of drug-likeness (QED) is 0.725. The largest absolute Gasteiger partial charge is 0.416 e. The minimum Gasteiger partial charge on any atom is -0.303 e. The molecule has 0 aromatic heterocycles. The van der Waals surface area contributed by atoms with Crippen LogP contribution in [0, 0.1) is 5.92 Å². The average molecular weight is 256 g/mol. The van der Waals surface area contributed by atoms with Crippen LogP contribution in [0.15, 0.2) is 24.3 Å². The molecule has 1 saturated carbocycles. The second-order valence-electron chi connectivity index (χ2n) is 4.83. The van der Waals surface area contributed by atoms with E-state index in [2.05, 4.69) is 0 Å². The van der Waals surface area contributed by atoms with Crippen molar-refractivity contribution in [2.24, 2.45) is 5.92 Å². The maximum atomic E-state index is 12.9. The highest BCUT2D eigenvalue weighted by atomic mass is 19.4.